The number of rotatable bonds is 5. The molecular formula is C21H27F3O5S. The summed E-state index contributed by atoms with van der Waals surface area (Å²) in [6.07, 6.45) is 8.96. The quantitative estimate of drug-likeness (QED) is 0.347. The first kappa shape index (κ1) is 22.9. The zero-order valence-electron chi connectivity index (χ0n) is 16.9. The Kier molecular flexibility index (Phi) is 6.69. The van der Waals surface area contributed by atoms with Crippen LogP contribution in [0.3, 0.4) is 0 Å². The Morgan fingerprint density at radius 3 is 2.07 bits per heavy atom. The van der Waals surface area contributed by atoms with E-state index in [9.17, 15) is 26.4 Å². The lowest BCUT2D eigenvalue weighted by Gasteiger charge is -2.45. The zero-order valence-corrected chi connectivity index (χ0v) is 17.7. The summed E-state index contributed by atoms with van der Waals surface area (Å²) in [6, 6.07) is 5.86. The summed E-state index contributed by atoms with van der Waals surface area (Å²) in [4.78, 5) is 11.5. The molecule has 2 fully saturated rings. The molecule has 0 heterocycles. The molecule has 0 aromatic heterocycles. The van der Waals surface area contributed by atoms with Crippen LogP contribution in [0.1, 0.15) is 69.3 Å². The molecule has 0 aliphatic heterocycles. The third-order valence-corrected chi connectivity index (χ3v) is 7.71. The number of ether oxygens (including phenoxy) is 1. The van der Waals surface area contributed by atoms with Crippen molar-refractivity contribution in [2.24, 2.45) is 11.3 Å². The number of hydrogen-bond acceptors (Lipinski definition) is 5. The molecule has 1 spiro atoms. The van der Waals surface area contributed by atoms with Crippen molar-refractivity contribution < 1.29 is 35.3 Å². The second-order valence-corrected chi connectivity index (χ2v) is 10.1. The molecule has 5 nitrogen and oxygen atoms in total. The van der Waals surface area contributed by atoms with Crippen molar-refractivity contribution in [1.29, 1.82) is 0 Å². The van der Waals surface area contributed by atoms with Gasteiger partial charge in [-0.2, -0.15) is 21.6 Å². The highest BCUT2D eigenvalue weighted by molar-refractivity contribution is 7.88. The van der Waals surface area contributed by atoms with E-state index in [0.717, 1.165) is 56.9 Å². The lowest BCUT2D eigenvalue weighted by molar-refractivity contribution is -0.142. The average Bonchev–Trinajstić information content (AvgIpc) is 2.70. The van der Waals surface area contributed by atoms with Gasteiger partial charge in [0.1, 0.15) is 5.75 Å². The summed E-state index contributed by atoms with van der Waals surface area (Å²) in [6.45, 7) is 0. The molecule has 2 aliphatic carbocycles. The first-order chi connectivity index (χ1) is 14.0. The van der Waals surface area contributed by atoms with Crippen LogP contribution in [0, 0.1) is 11.3 Å². The Morgan fingerprint density at radius 2 is 1.57 bits per heavy atom. The minimum atomic E-state index is -5.65. The van der Waals surface area contributed by atoms with Crippen molar-refractivity contribution in [1.82, 2.24) is 0 Å². The smallest absolute Gasteiger partial charge is 0.469 e. The van der Waals surface area contributed by atoms with E-state index in [0.29, 0.717) is 23.7 Å². The normalized spacial score (nSPS) is 27.6. The van der Waals surface area contributed by atoms with Gasteiger partial charge in [0.15, 0.2) is 0 Å². The van der Waals surface area contributed by atoms with E-state index in [1.807, 2.05) is 0 Å². The Morgan fingerprint density at radius 1 is 1.03 bits per heavy atom. The first-order valence-electron chi connectivity index (χ1n) is 10.2. The molecule has 0 amide bonds. The van der Waals surface area contributed by atoms with E-state index in [-0.39, 0.29) is 11.7 Å². The van der Waals surface area contributed by atoms with E-state index >= 15 is 0 Å². The van der Waals surface area contributed by atoms with Crippen LogP contribution in [0.25, 0.3) is 0 Å². The van der Waals surface area contributed by atoms with Crippen LogP contribution in [-0.4, -0.2) is 27.0 Å². The van der Waals surface area contributed by atoms with Gasteiger partial charge in [0.25, 0.3) is 0 Å². The molecule has 0 unspecified atom stereocenters. The highest BCUT2D eigenvalue weighted by atomic mass is 32.2. The maximum absolute atomic E-state index is 12.4. The molecule has 0 atom stereocenters. The predicted molar refractivity (Wildman–Crippen MR) is 104 cm³/mol. The third kappa shape index (κ3) is 5.28. The molecule has 9 heteroatoms. The lowest BCUT2D eigenvalue weighted by Crippen LogP contribution is -2.32. The number of halogens is 3. The average molecular weight is 449 g/mol. The second kappa shape index (κ2) is 8.77. The van der Waals surface area contributed by atoms with Crippen LogP contribution < -0.4 is 4.18 Å². The molecule has 0 bridgehead atoms. The van der Waals surface area contributed by atoms with Crippen molar-refractivity contribution in [3.05, 3.63) is 29.8 Å². The van der Waals surface area contributed by atoms with Gasteiger partial charge in [-0.1, -0.05) is 12.1 Å². The molecule has 0 saturated heterocycles. The van der Waals surface area contributed by atoms with Crippen molar-refractivity contribution >= 4 is 16.1 Å². The predicted octanol–water partition coefficient (Wildman–Crippen LogP) is 5.31. The van der Waals surface area contributed by atoms with Crippen LogP contribution >= 0.6 is 0 Å². The number of esters is 1. The van der Waals surface area contributed by atoms with Gasteiger partial charge >= 0.3 is 21.6 Å². The van der Waals surface area contributed by atoms with Crippen LogP contribution in [0.2, 0.25) is 0 Å². The van der Waals surface area contributed by atoms with Crippen LogP contribution in [-0.2, 0) is 19.6 Å². The van der Waals surface area contributed by atoms with E-state index in [1.165, 1.54) is 19.2 Å². The number of carbonyl (C=O) groups excluding carboxylic acids is 1. The van der Waals surface area contributed by atoms with Gasteiger partial charge in [0.05, 0.1) is 7.11 Å². The highest BCUT2D eigenvalue weighted by Crippen LogP contribution is 2.52. The maximum Gasteiger partial charge on any atom is 0.534 e. The van der Waals surface area contributed by atoms with Crippen molar-refractivity contribution in [3.8, 4) is 5.75 Å². The maximum atomic E-state index is 12.4. The van der Waals surface area contributed by atoms with Gasteiger partial charge in [-0.05, 0) is 86.3 Å². The minimum absolute atomic E-state index is 0.143. The molecular weight excluding hydrogens is 421 g/mol. The van der Waals surface area contributed by atoms with Crippen LogP contribution in [0.5, 0.6) is 5.75 Å². The second-order valence-electron chi connectivity index (χ2n) is 8.55. The molecule has 1 aromatic rings. The van der Waals surface area contributed by atoms with Gasteiger partial charge < -0.3 is 8.92 Å². The molecule has 2 aliphatic rings. The standard InChI is InChI=1S/C21H27F3O5S/c1-28-19(25)14-15-6-10-20(11-7-15)12-8-17(9-13-20)16-2-4-18(5-3-16)29-30(26,27)21(22,23)24/h2-5,15,17H,6-14H2,1H3. The van der Waals surface area contributed by atoms with Crippen LogP contribution in [0.15, 0.2) is 24.3 Å². The molecule has 30 heavy (non-hydrogen) atoms. The summed E-state index contributed by atoms with van der Waals surface area (Å²) in [5.41, 5.74) is -4.13. The van der Waals surface area contributed by atoms with Gasteiger partial charge in [-0.3, -0.25) is 4.79 Å². The number of hydrogen-bond donors (Lipinski definition) is 0. The highest BCUT2D eigenvalue weighted by Gasteiger charge is 2.48. The van der Waals surface area contributed by atoms with Gasteiger partial charge in [-0.25, -0.2) is 0 Å². The summed E-state index contributed by atoms with van der Waals surface area (Å²) in [7, 11) is -4.23. The fourth-order valence-corrected chi connectivity index (χ4v) is 5.31. The summed E-state index contributed by atoms with van der Waals surface area (Å²) < 4.78 is 68.4. The van der Waals surface area contributed by atoms with Gasteiger partial charge in [-0.15, -0.1) is 0 Å². The van der Waals surface area contributed by atoms with Gasteiger partial charge in [0, 0.05) is 6.42 Å². The van der Waals surface area contributed by atoms with E-state index in [4.69, 9.17) is 4.74 Å². The molecule has 168 valence electrons. The molecule has 2 saturated carbocycles. The summed E-state index contributed by atoms with van der Waals surface area (Å²) >= 11 is 0. The molecule has 0 N–H and O–H groups in total. The van der Waals surface area contributed by atoms with E-state index in [1.54, 1.807) is 12.1 Å². The molecule has 3 rings (SSSR count). The zero-order chi connectivity index (χ0) is 22.0. The minimum Gasteiger partial charge on any atom is -0.469 e. The topological polar surface area (TPSA) is 69.7 Å². The fraction of sp³-hybridized carbons (Fsp3) is 0.667. The largest absolute Gasteiger partial charge is 0.534 e. The number of benzene rings is 1. The number of alkyl halides is 3. The first-order valence-corrected chi connectivity index (χ1v) is 11.6. The lowest BCUT2D eigenvalue weighted by atomic mass is 9.60. The Labute approximate surface area is 175 Å². The number of carbonyl (C=O) groups is 1. The van der Waals surface area contributed by atoms with Gasteiger partial charge in [0.2, 0.25) is 0 Å². The van der Waals surface area contributed by atoms with E-state index < -0.39 is 15.6 Å². The molecule has 0 radical (unpaired) electrons. The fourth-order valence-electron chi connectivity index (χ4n) is 4.85. The van der Waals surface area contributed by atoms with E-state index in [2.05, 4.69) is 4.18 Å². The van der Waals surface area contributed by atoms with Crippen LogP contribution in [0.4, 0.5) is 13.2 Å². The Balaban J connectivity index is 1.53. The molecule has 1 aromatic carbocycles. The Bertz CT molecular complexity index is 830. The third-order valence-electron chi connectivity index (χ3n) is 6.74. The SMILES string of the molecule is COC(=O)CC1CCC2(CC1)CCC(c1ccc(OS(=O)(=O)C(F)(F)F)cc1)CC2. The van der Waals surface area contributed by atoms with Crippen molar-refractivity contribution in [2.75, 3.05) is 7.11 Å². The summed E-state index contributed by atoms with van der Waals surface area (Å²) in [5.74, 6) is 0.223. The number of methoxy groups -OCH3 is 1. The monoisotopic (exact) mass is 448 g/mol. The Hall–Kier alpha value is -1.77. The summed E-state index contributed by atoms with van der Waals surface area (Å²) in [5, 5.41) is 0. The van der Waals surface area contributed by atoms with Crippen molar-refractivity contribution in [3.63, 3.8) is 0 Å². The van der Waals surface area contributed by atoms with Crippen molar-refractivity contribution in [2.45, 2.75) is 69.2 Å².